The number of benzene rings is 2. The standard InChI is InChI=1S/C25H24N2O3/c1-25(2,3)20-13-16(18-10-7-11-26-23(18)28)12-19(22(20)30-4)21-14-15-8-5-6-9-17(15)24(29)27-21/h5-14H,1-4H3,(H,26,28)(H,27,29). The Morgan fingerprint density at radius 1 is 0.867 bits per heavy atom. The van der Waals surface area contributed by atoms with Crippen LogP contribution in [0.25, 0.3) is 33.2 Å². The van der Waals surface area contributed by atoms with Gasteiger partial charge in [-0.25, -0.2) is 0 Å². The number of ether oxygens (including phenoxy) is 1. The first kappa shape index (κ1) is 19.7. The first-order valence-corrected chi connectivity index (χ1v) is 9.82. The molecule has 5 heteroatoms. The highest BCUT2D eigenvalue weighted by Crippen LogP contribution is 2.41. The Labute approximate surface area is 174 Å². The maximum Gasteiger partial charge on any atom is 0.256 e. The van der Waals surface area contributed by atoms with Gasteiger partial charge in [0.15, 0.2) is 0 Å². The van der Waals surface area contributed by atoms with Crippen molar-refractivity contribution >= 4 is 10.8 Å². The van der Waals surface area contributed by atoms with Crippen LogP contribution in [-0.2, 0) is 5.41 Å². The number of rotatable bonds is 3. The number of aromatic nitrogens is 2. The van der Waals surface area contributed by atoms with Crippen molar-refractivity contribution in [3.05, 3.63) is 87.1 Å². The lowest BCUT2D eigenvalue weighted by atomic mass is 9.82. The molecule has 0 radical (unpaired) electrons. The number of pyridine rings is 2. The number of nitrogens with one attached hydrogen (secondary N) is 2. The van der Waals surface area contributed by atoms with Gasteiger partial charge >= 0.3 is 0 Å². The summed E-state index contributed by atoms with van der Waals surface area (Å²) in [6, 6.07) is 16.9. The van der Waals surface area contributed by atoms with Gasteiger partial charge in [0.2, 0.25) is 0 Å². The van der Waals surface area contributed by atoms with E-state index in [4.69, 9.17) is 4.74 Å². The number of aromatic amines is 2. The van der Waals surface area contributed by atoms with Crippen LogP contribution in [-0.4, -0.2) is 17.1 Å². The van der Waals surface area contributed by atoms with Crippen molar-refractivity contribution in [3.8, 4) is 28.1 Å². The van der Waals surface area contributed by atoms with Crippen molar-refractivity contribution in [2.24, 2.45) is 0 Å². The third-order valence-corrected chi connectivity index (χ3v) is 5.27. The zero-order valence-electron chi connectivity index (χ0n) is 17.5. The summed E-state index contributed by atoms with van der Waals surface area (Å²) in [5.41, 5.74) is 3.11. The highest BCUT2D eigenvalue weighted by atomic mass is 16.5. The van der Waals surface area contributed by atoms with E-state index in [0.717, 1.165) is 22.1 Å². The first-order valence-electron chi connectivity index (χ1n) is 9.82. The van der Waals surface area contributed by atoms with Crippen LogP contribution in [0.1, 0.15) is 26.3 Å². The van der Waals surface area contributed by atoms with Crippen LogP contribution in [0.3, 0.4) is 0 Å². The summed E-state index contributed by atoms with van der Waals surface area (Å²) in [5, 5.41) is 1.48. The molecule has 5 nitrogen and oxygen atoms in total. The van der Waals surface area contributed by atoms with Gasteiger partial charge in [0.05, 0.1) is 12.8 Å². The Morgan fingerprint density at radius 2 is 1.63 bits per heavy atom. The predicted octanol–water partition coefficient (Wildman–Crippen LogP) is 4.86. The molecule has 0 aliphatic carbocycles. The molecule has 2 N–H and O–H groups in total. The van der Waals surface area contributed by atoms with E-state index in [0.29, 0.717) is 22.4 Å². The minimum Gasteiger partial charge on any atom is -0.496 e. The molecule has 30 heavy (non-hydrogen) atoms. The van der Waals surface area contributed by atoms with Crippen LogP contribution >= 0.6 is 0 Å². The molecule has 152 valence electrons. The van der Waals surface area contributed by atoms with E-state index in [1.54, 1.807) is 31.5 Å². The molecule has 0 unspecified atom stereocenters. The van der Waals surface area contributed by atoms with Crippen molar-refractivity contribution in [2.45, 2.75) is 26.2 Å². The second kappa shape index (κ2) is 7.34. The highest BCUT2D eigenvalue weighted by molar-refractivity contribution is 5.87. The summed E-state index contributed by atoms with van der Waals surface area (Å²) in [7, 11) is 1.63. The van der Waals surface area contributed by atoms with Crippen LogP contribution in [0.2, 0.25) is 0 Å². The summed E-state index contributed by atoms with van der Waals surface area (Å²) < 4.78 is 5.82. The van der Waals surface area contributed by atoms with E-state index < -0.39 is 0 Å². The van der Waals surface area contributed by atoms with Crippen LogP contribution in [0.15, 0.2) is 70.4 Å². The second-order valence-electron chi connectivity index (χ2n) is 8.37. The minimum absolute atomic E-state index is 0.162. The fourth-order valence-electron chi connectivity index (χ4n) is 3.77. The van der Waals surface area contributed by atoms with Crippen LogP contribution in [0.4, 0.5) is 0 Å². The normalized spacial score (nSPS) is 11.6. The van der Waals surface area contributed by atoms with E-state index in [2.05, 4.69) is 30.7 Å². The Balaban J connectivity index is 2.09. The maximum absolute atomic E-state index is 12.7. The van der Waals surface area contributed by atoms with Crippen molar-refractivity contribution in [1.82, 2.24) is 9.97 Å². The zero-order chi connectivity index (χ0) is 21.5. The molecule has 4 aromatic rings. The summed E-state index contributed by atoms with van der Waals surface area (Å²) in [6.45, 7) is 6.28. The topological polar surface area (TPSA) is 75.0 Å². The molecule has 0 bridgehead atoms. The average Bonchev–Trinajstić information content (AvgIpc) is 2.72. The summed E-state index contributed by atoms with van der Waals surface area (Å²) >= 11 is 0. The van der Waals surface area contributed by atoms with Crippen LogP contribution < -0.4 is 15.9 Å². The van der Waals surface area contributed by atoms with Gasteiger partial charge in [0.1, 0.15) is 5.75 Å². The second-order valence-corrected chi connectivity index (χ2v) is 8.37. The summed E-state index contributed by atoms with van der Waals surface area (Å²) in [5.74, 6) is 0.685. The molecule has 0 saturated carbocycles. The van der Waals surface area contributed by atoms with Crippen LogP contribution in [0.5, 0.6) is 5.75 Å². The molecule has 2 heterocycles. The molecule has 0 atom stereocenters. The Hall–Kier alpha value is -3.60. The Morgan fingerprint density at radius 3 is 2.33 bits per heavy atom. The van der Waals surface area contributed by atoms with E-state index in [1.165, 1.54) is 0 Å². The van der Waals surface area contributed by atoms with Gasteiger partial charge in [0, 0.05) is 28.3 Å². The van der Waals surface area contributed by atoms with E-state index in [-0.39, 0.29) is 16.5 Å². The monoisotopic (exact) mass is 400 g/mol. The molecular weight excluding hydrogens is 376 g/mol. The van der Waals surface area contributed by atoms with Crippen LogP contribution in [0, 0.1) is 0 Å². The number of hydrogen-bond donors (Lipinski definition) is 2. The van der Waals surface area contributed by atoms with Crippen molar-refractivity contribution < 1.29 is 4.74 Å². The number of H-pyrrole nitrogens is 2. The van der Waals surface area contributed by atoms with E-state index in [1.807, 2.05) is 36.4 Å². The molecule has 0 aliphatic heterocycles. The van der Waals surface area contributed by atoms with Gasteiger partial charge in [-0.05, 0) is 52.8 Å². The van der Waals surface area contributed by atoms with Crippen molar-refractivity contribution in [3.63, 3.8) is 0 Å². The molecule has 2 aromatic heterocycles. The number of methoxy groups -OCH3 is 1. The van der Waals surface area contributed by atoms with Gasteiger partial charge in [-0.3, -0.25) is 9.59 Å². The van der Waals surface area contributed by atoms with E-state index >= 15 is 0 Å². The smallest absolute Gasteiger partial charge is 0.256 e. The van der Waals surface area contributed by atoms with Gasteiger partial charge in [-0.1, -0.05) is 39.0 Å². The predicted molar refractivity (Wildman–Crippen MR) is 121 cm³/mol. The van der Waals surface area contributed by atoms with E-state index in [9.17, 15) is 9.59 Å². The Bertz CT molecular complexity index is 1360. The lowest BCUT2D eigenvalue weighted by Gasteiger charge is -2.25. The molecular formula is C25H24N2O3. The lowest BCUT2D eigenvalue weighted by Crippen LogP contribution is -2.15. The maximum atomic E-state index is 12.7. The molecule has 0 fully saturated rings. The fourth-order valence-corrected chi connectivity index (χ4v) is 3.77. The van der Waals surface area contributed by atoms with Gasteiger partial charge in [-0.15, -0.1) is 0 Å². The number of hydrogen-bond acceptors (Lipinski definition) is 3. The molecule has 0 spiro atoms. The van der Waals surface area contributed by atoms with Gasteiger partial charge in [-0.2, -0.15) is 0 Å². The average molecular weight is 400 g/mol. The summed E-state index contributed by atoms with van der Waals surface area (Å²) in [6.07, 6.45) is 1.61. The minimum atomic E-state index is -0.241. The largest absolute Gasteiger partial charge is 0.496 e. The zero-order valence-corrected chi connectivity index (χ0v) is 17.5. The third-order valence-electron chi connectivity index (χ3n) is 5.27. The third kappa shape index (κ3) is 3.43. The SMILES string of the molecule is COc1c(-c2cc3ccccc3c(=O)[nH]2)cc(-c2ccc[nH]c2=O)cc1C(C)(C)C. The fraction of sp³-hybridized carbons (Fsp3) is 0.200. The Kier molecular flexibility index (Phi) is 4.82. The quantitative estimate of drug-likeness (QED) is 0.516. The molecule has 2 aromatic carbocycles. The van der Waals surface area contributed by atoms with Crippen molar-refractivity contribution in [2.75, 3.05) is 7.11 Å². The van der Waals surface area contributed by atoms with Crippen molar-refractivity contribution in [1.29, 1.82) is 0 Å². The molecule has 0 saturated heterocycles. The summed E-state index contributed by atoms with van der Waals surface area (Å²) in [4.78, 5) is 30.9. The number of fused-ring (bicyclic) bond motifs is 1. The first-order chi connectivity index (χ1) is 14.3. The molecule has 0 aliphatic rings. The molecule has 0 amide bonds. The highest BCUT2D eigenvalue weighted by Gasteiger charge is 2.24. The molecule has 4 rings (SSSR count). The van der Waals surface area contributed by atoms with Gasteiger partial charge < -0.3 is 14.7 Å². The lowest BCUT2D eigenvalue weighted by molar-refractivity contribution is 0.399. The van der Waals surface area contributed by atoms with Gasteiger partial charge in [0.25, 0.3) is 11.1 Å².